The van der Waals surface area contributed by atoms with Crippen molar-refractivity contribution in [3.63, 3.8) is 0 Å². The van der Waals surface area contributed by atoms with Gasteiger partial charge in [-0.2, -0.15) is 5.10 Å². The molecular formula is C26H28N8. The van der Waals surface area contributed by atoms with E-state index >= 15 is 0 Å². The van der Waals surface area contributed by atoms with Crippen LogP contribution in [0, 0.1) is 6.92 Å². The minimum absolute atomic E-state index is 0.638. The number of aromatic amines is 1. The lowest BCUT2D eigenvalue weighted by molar-refractivity contribution is 0.547. The summed E-state index contributed by atoms with van der Waals surface area (Å²) in [4.78, 5) is 9.23. The molecule has 34 heavy (non-hydrogen) atoms. The van der Waals surface area contributed by atoms with Gasteiger partial charge in [0.25, 0.3) is 0 Å². The standard InChI is InChI=1S/C20H22N8.C6H6/c1-3-4-11-28-19(22-14(2)25-28)12-16-10-9-15(13-21-16)17-7-5-6-8-18(17)20-23-26-27-24-20;1-2-4-6-5-3-1/h5-10,13H,3-4,11-12H2,1-2H3,(H,23,24,26,27);1-6H. The molecule has 8 nitrogen and oxygen atoms in total. The molecular weight excluding hydrogens is 424 g/mol. The first-order chi connectivity index (χ1) is 16.7. The second kappa shape index (κ2) is 11.6. The minimum Gasteiger partial charge on any atom is -0.260 e. The molecule has 5 aromatic rings. The number of hydrogen-bond acceptors (Lipinski definition) is 6. The zero-order chi connectivity index (χ0) is 23.6. The highest BCUT2D eigenvalue weighted by atomic mass is 15.5. The van der Waals surface area contributed by atoms with Crippen LogP contribution in [0.25, 0.3) is 22.5 Å². The molecule has 0 fully saturated rings. The van der Waals surface area contributed by atoms with Crippen molar-refractivity contribution in [3.05, 3.63) is 96.3 Å². The molecule has 0 aliphatic rings. The number of nitrogens with zero attached hydrogens (tertiary/aromatic N) is 7. The number of unbranched alkanes of at least 4 members (excludes halogenated alkanes) is 1. The lowest BCUT2D eigenvalue weighted by Gasteiger charge is -2.08. The van der Waals surface area contributed by atoms with Crippen molar-refractivity contribution >= 4 is 0 Å². The SMILES string of the molecule is CCCCn1nc(C)nc1Cc1ccc(-c2ccccc2-c2nnn[nH]2)cn1.c1ccccc1. The highest BCUT2D eigenvalue weighted by molar-refractivity contribution is 5.79. The van der Waals surface area contributed by atoms with Crippen LogP contribution in [-0.2, 0) is 13.0 Å². The van der Waals surface area contributed by atoms with Crippen LogP contribution in [0.15, 0.2) is 79.0 Å². The van der Waals surface area contributed by atoms with E-state index in [-0.39, 0.29) is 0 Å². The molecule has 0 aliphatic heterocycles. The van der Waals surface area contributed by atoms with Gasteiger partial charge in [-0.15, -0.1) is 5.10 Å². The molecule has 5 rings (SSSR count). The molecule has 1 N–H and O–H groups in total. The topological polar surface area (TPSA) is 98.1 Å². The van der Waals surface area contributed by atoms with Crippen LogP contribution in [0.1, 0.15) is 37.1 Å². The van der Waals surface area contributed by atoms with Crippen LogP contribution in [0.3, 0.4) is 0 Å². The van der Waals surface area contributed by atoms with Gasteiger partial charge in [-0.05, 0) is 35.4 Å². The predicted octanol–water partition coefficient (Wildman–Crippen LogP) is 4.91. The summed E-state index contributed by atoms with van der Waals surface area (Å²) < 4.78 is 2.00. The van der Waals surface area contributed by atoms with Gasteiger partial charge in [-0.3, -0.25) is 4.98 Å². The number of aromatic nitrogens is 8. The average Bonchev–Trinajstić information content (AvgIpc) is 3.55. The van der Waals surface area contributed by atoms with Crippen LogP contribution in [0.2, 0.25) is 0 Å². The second-order valence-electron chi connectivity index (χ2n) is 7.82. The number of H-pyrrole nitrogens is 1. The van der Waals surface area contributed by atoms with E-state index in [9.17, 15) is 0 Å². The molecule has 0 saturated heterocycles. The Labute approximate surface area is 199 Å². The maximum atomic E-state index is 4.66. The van der Waals surface area contributed by atoms with Crippen molar-refractivity contribution in [1.82, 2.24) is 40.4 Å². The monoisotopic (exact) mass is 452 g/mol. The summed E-state index contributed by atoms with van der Waals surface area (Å²) in [6, 6.07) is 24.1. The highest BCUT2D eigenvalue weighted by Gasteiger charge is 2.12. The number of tetrazole rings is 1. The summed E-state index contributed by atoms with van der Waals surface area (Å²) in [5.41, 5.74) is 3.95. The molecule has 0 unspecified atom stereocenters. The molecule has 3 heterocycles. The van der Waals surface area contributed by atoms with E-state index in [1.807, 2.05) is 84.5 Å². The predicted molar refractivity (Wildman–Crippen MR) is 132 cm³/mol. The minimum atomic E-state index is 0.638. The van der Waals surface area contributed by atoms with E-state index in [4.69, 9.17) is 0 Å². The maximum Gasteiger partial charge on any atom is 0.180 e. The Hall–Kier alpha value is -4.20. The van der Waals surface area contributed by atoms with Crippen molar-refractivity contribution < 1.29 is 0 Å². The fourth-order valence-corrected chi connectivity index (χ4v) is 3.57. The van der Waals surface area contributed by atoms with E-state index in [2.05, 4.69) is 48.7 Å². The first kappa shape index (κ1) is 23.0. The van der Waals surface area contributed by atoms with Gasteiger partial charge in [0.2, 0.25) is 0 Å². The first-order valence-electron chi connectivity index (χ1n) is 11.4. The Morgan fingerprint density at radius 3 is 2.24 bits per heavy atom. The fourth-order valence-electron chi connectivity index (χ4n) is 3.57. The highest BCUT2D eigenvalue weighted by Crippen LogP contribution is 2.29. The van der Waals surface area contributed by atoms with Crippen LogP contribution in [0.4, 0.5) is 0 Å². The Kier molecular flexibility index (Phi) is 7.84. The van der Waals surface area contributed by atoms with E-state index in [1.54, 1.807) is 0 Å². The Morgan fingerprint density at radius 2 is 1.62 bits per heavy atom. The van der Waals surface area contributed by atoms with Crippen LogP contribution >= 0.6 is 0 Å². The van der Waals surface area contributed by atoms with Gasteiger partial charge in [0.05, 0.1) is 0 Å². The maximum absolute atomic E-state index is 4.66. The van der Waals surface area contributed by atoms with Gasteiger partial charge in [0.15, 0.2) is 5.82 Å². The lowest BCUT2D eigenvalue weighted by Crippen LogP contribution is -2.07. The van der Waals surface area contributed by atoms with Crippen LogP contribution in [-0.4, -0.2) is 40.4 Å². The van der Waals surface area contributed by atoms with E-state index in [1.165, 1.54) is 0 Å². The zero-order valence-corrected chi connectivity index (χ0v) is 19.5. The average molecular weight is 453 g/mol. The number of rotatable bonds is 7. The van der Waals surface area contributed by atoms with Gasteiger partial charge in [-0.25, -0.2) is 14.8 Å². The van der Waals surface area contributed by atoms with E-state index in [0.29, 0.717) is 12.2 Å². The normalized spacial score (nSPS) is 10.5. The fraction of sp³-hybridized carbons (Fsp3) is 0.231. The Bertz CT molecular complexity index is 1240. The van der Waals surface area contributed by atoms with Crippen molar-refractivity contribution in [2.75, 3.05) is 0 Å². The molecule has 0 spiro atoms. The zero-order valence-electron chi connectivity index (χ0n) is 19.5. The molecule has 0 amide bonds. The molecule has 0 saturated carbocycles. The molecule has 0 bridgehead atoms. The first-order valence-corrected chi connectivity index (χ1v) is 11.4. The number of aryl methyl sites for hydroxylation is 2. The molecule has 8 heteroatoms. The summed E-state index contributed by atoms with van der Waals surface area (Å²) in [6.45, 7) is 5.00. The second-order valence-corrected chi connectivity index (χ2v) is 7.82. The van der Waals surface area contributed by atoms with Crippen molar-refractivity contribution in [2.24, 2.45) is 0 Å². The quantitative estimate of drug-likeness (QED) is 0.377. The lowest BCUT2D eigenvalue weighted by atomic mass is 10.0. The van der Waals surface area contributed by atoms with Gasteiger partial charge in [-0.1, -0.05) is 80.1 Å². The van der Waals surface area contributed by atoms with Gasteiger partial charge in [0.1, 0.15) is 11.6 Å². The third-order valence-corrected chi connectivity index (χ3v) is 5.25. The molecule has 172 valence electrons. The van der Waals surface area contributed by atoms with Crippen molar-refractivity contribution in [2.45, 2.75) is 39.7 Å². The molecule has 3 aromatic heterocycles. The summed E-state index contributed by atoms with van der Waals surface area (Å²) in [7, 11) is 0. The van der Waals surface area contributed by atoms with E-state index < -0.39 is 0 Å². The largest absolute Gasteiger partial charge is 0.260 e. The molecule has 0 atom stereocenters. The van der Waals surface area contributed by atoms with Crippen molar-refractivity contribution in [3.8, 4) is 22.5 Å². The molecule has 0 radical (unpaired) electrons. The summed E-state index contributed by atoms with van der Waals surface area (Å²) >= 11 is 0. The number of hydrogen-bond donors (Lipinski definition) is 1. The number of benzene rings is 2. The van der Waals surface area contributed by atoms with Crippen LogP contribution in [0.5, 0.6) is 0 Å². The molecule has 2 aromatic carbocycles. The summed E-state index contributed by atoms with van der Waals surface area (Å²) in [5.74, 6) is 2.40. The smallest absolute Gasteiger partial charge is 0.180 e. The third-order valence-electron chi connectivity index (χ3n) is 5.25. The van der Waals surface area contributed by atoms with Gasteiger partial charge < -0.3 is 0 Å². The Balaban J connectivity index is 0.000000398. The number of nitrogens with one attached hydrogen (secondary N) is 1. The van der Waals surface area contributed by atoms with E-state index in [0.717, 1.165) is 53.4 Å². The third kappa shape index (κ3) is 5.98. The van der Waals surface area contributed by atoms with Crippen molar-refractivity contribution in [1.29, 1.82) is 0 Å². The molecule has 0 aliphatic carbocycles. The summed E-state index contributed by atoms with van der Waals surface area (Å²) in [6.07, 6.45) is 4.77. The van der Waals surface area contributed by atoms with Gasteiger partial charge >= 0.3 is 0 Å². The summed E-state index contributed by atoms with van der Waals surface area (Å²) in [5, 5.41) is 18.7. The van der Waals surface area contributed by atoms with Crippen LogP contribution < -0.4 is 0 Å². The Morgan fingerprint density at radius 1 is 0.882 bits per heavy atom. The number of pyridine rings is 1. The van der Waals surface area contributed by atoms with Gasteiger partial charge in [0, 0.05) is 36.0 Å².